The Hall–Kier alpha value is -0.340. The van der Waals surface area contributed by atoms with Gasteiger partial charge >= 0.3 is 0 Å². The molecule has 0 fully saturated rings. The maximum absolute atomic E-state index is 5.96. The summed E-state index contributed by atoms with van der Waals surface area (Å²) in [5.74, 6) is 0. The molecule has 0 aliphatic heterocycles. The van der Waals surface area contributed by atoms with Crippen molar-refractivity contribution in [3.8, 4) is 0 Å². The number of rotatable bonds is 18. The van der Waals surface area contributed by atoms with Gasteiger partial charge in [0.2, 0.25) is 0 Å². The van der Waals surface area contributed by atoms with Crippen molar-refractivity contribution in [3.05, 3.63) is 12.2 Å². The molecule has 0 aromatic carbocycles. The molecule has 4 N–H and O–H groups in total. The molecule has 0 aliphatic rings. The summed E-state index contributed by atoms with van der Waals surface area (Å²) in [7, 11) is 0. The molecule has 0 radical (unpaired) electrons. The number of nitrogens with two attached hydrogens (primary N) is 2. The highest BCUT2D eigenvalue weighted by Gasteiger charge is 2.00. The van der Waals surface area contributed by atoms with Crippen LogP contribution in [0.2, 0.25) is 0 Å². The normalized spacial score (nSPS) is 13.0. The van der Waals surface area contributed by atoms with E-state index in [4.69, 9.17) is 11.5 Å². The van der Waals surface area contributed by atoms with Gasteiger partial charge in [-0.3, -0.25) is 0 Å². The van der Waals surface area contributed by atoms with Gasteiger partial charge in [0.15, 0.2) is 0 Å². The quantitative estimate of drug-likeness (QED) is 0.237. The van der Waals surface area contributed by atoms with Gasteiger partial charge < -0.3 is 11.5 Å². The van der Waals surface area contributed by atoms with Gasteiger partial charge in [-0.05, 0) is 45.1 Å². The van der Waals surface area contributed by atoms with Gasteiger partial charge in [-0.2, -0.15) is 0 Å². The molecular formula is C21H44N2. The standard InChI is InChI=1S/C21H44N2/c1-2-3-4-5-6-7-8-9-10-11-12-13-14-15-16-17-18-21(23)19-20-22/h9-10,21H,2-8,11-20,22-23H2,1H3/b10-9-. The van der Waals surface area contributed by atoms with E-state index in [0.29, 0.717) is 6.04 Å². The Bertz CT molecular complexity index is 238. The monoisotopic (exact) mass is 324 g/mol. The van der Waals surface area contributed by atoms with E-state index >= 15 is 0 Å². The Kier molecular flexibility index (Phi) is 19.4. The van der Waals surface area contributed by atoms with Crippen molar-refractivity contribution < 1.29 is 0 Å². The summed E-state index contributed by atoms with van der Waals surface area (Å²) in [4.78, 5) is 0. The first-order chi connectivity index (χ1) is 11.3. The molecule has 0 spiro atoms. The molecule has 23 heavy (non-hydrogen) atoms. The van der Waals surface area contributed by atoms with Crippen molar-refractivity contribution in [2.24, 2.45) is 11.5 Å². The van der Waals surface area contributed by atoms with Gasteiger partial charge in [0.05, 0.1) is 0 Å². The highest BCUT2D eigenvalue weighted by atomic mass is 14.6. The molecule has 1 unspecified atom stereocenters. The van der Waals surface area contributed by atoms with Crippen LogP contribution in [0.5, 0.6) is 0 Å². The summed E-state index contributed by atoms with van der Waals surface area (Å²) in [6, 6.07) is 0.330. The molecule has 0 aliphatic carbocycles. The summed E-state index contributed by atoms with van der Waals surface area (Å²) in [5.41, 5.74) is 11.5. The second-order valence-electron chi connectivity index (χ2n) is 7.06. The van der Waals surface area contributed by atoms with Crippen molar-refractivity contribution in [1.29, 1.82) is 0 Å². The molecule has 138 valence electrons. The Morgan fingerprint density at radius 1 is 0.652 bits per heavy atom. The fraction of sp³-hybridized carbons (Fsp3) is 0.905. The van der Waals surface area contributed by atoms with E-state index in [2.05, 4.69) is 19.1 Å². The summed E-state index contributed by atoms with van der Waals surface area (Å²) < 4.78 is 0. The van der Waals surface area contributed by atoms with E-state index in [1.165, 1.54) is 89.9 Å². The van der Waals surface area contributed by atoms with Crippen molar-refractivity contribution in [2.45, 2.75) is 116 Å². The lowest BCUT2D eigenvalue weighted by Crippen LogP contribution is -2.23. The summed E-state index contributed by atoms with van der Waals surface area (Å²) in [6.07, 6.45) is 26.0. The zero-order valence-electron chi connectivity index (χ0n) is 15.9. The average Bonchev–Trinajstić information content (AvgIpc) is 2.54. The van der Waals surface area contributed by atoms with E-state index in [-0.39, 0.29) is 0 Å². The minimum absolute atomic E-state index is 0.330. The molecule has 1 atom stereocenters. The lowest BCUT2D eigenvalue weighted by Gasteiger charge is -2.09. The highest BCUT2D eigenvalue weighted by molar-refractivity contribution is 4.81. The van der Waals surface area contributed by atoms with Gasteiger partial charge in [0.1, 0.15) is 0 Å². The second kappa shape index (κ2) is 19.7. The predicted octanol–water partition coefficient (Wildman–Crippen LogP) is 6.09. The molecule has 0 aromatic heterocycles. The molecule has 0 saturated carbocycles. The van der Waals surface area contributed by atoms with E-state index in [9.17, 15) is 0 Å². The van der Waals surface area contributed by atoms with Gasteiger partial charge in [-0.1, -0.05) is 83.3 Å². The van der Waals surface area contributed by atoms with Crippen LogP contribution in [0.4, 0.5) is 0 Å². The number of hydrogen-bond acceptors (Lipinski definition) is 2. The van der Waals surface area contributed by atoms with Crippen LogP contribution in [-0.4, -0.2) is 12.6 Å². The third-order valence-electron chi connectivity index (χ3n) is 4.62. The summed E-state index contributed by atoms with van der Waals surface area (Å²) in [6.45, 7) is 3.01. The SMILES string of the molecule is CCCCCCCC/C=C\CCCCCCCCC(N)CCN. The molecular weight excluding hydrogens is 280 g/mol. The van der Waals surface area contributed by atoms with Crippen molar-refractivity contribution in [1.82, 2.24) is 0 Å². The van der Waals surface area contributed by atoms with Crippen LogP contribution in [0.15, 0.2) is 12.2 Å². The average molecular weight is 325 g/mol. The molecule has 2 nitrogen and oxygen atoms in total. The third kappa shape index (κ3) is 19.6. The zero-order chi connectivity index (χ0) is 17.0. The van der Waals surface area contributed by atoms with E-state index in [1.807, 2.05) is 0 Å². The van der Waals surface area contributed by atoms with Crippen LogP contribution >= 0.6 is 0 Å². The first-order valence-corrected chi connectivity index (χ1v) is 10.4. The first-order valence-electron chi connectivity index (χ1n) is 10.4. The van der Waals surface area contributed by atoms with Crippen LogP contribution < -0.4 is 11.5 Å². The molecule has 0 bridgehead atoms. The topological polar surface area (TPSA) is 52.0 Å². The minimum atomic E-state index is 0.330. The fourth-order valence-corrected chi connectivity index (χ4v) is 3.01. The molecule has 0 heterocycles. The van der Waals surface area contributed by atoms with Crippen molar-refractivity contribution in [2.75, 3.05) is 6.54 Å². The third-order valence-corrected chi connectivity index (χ3v) is 4.62. The van der Waals surface area contributed by atoms with E-state index in [0.717, 1.165) is 19.4 Å². The Balaban J connectivity index is 3.10. The Morgan fingerprint density at radius 2 is 1.13 bits per heavy atom. The van der Waals surface area contributed by atoms with Crippen LogP contribution in [0.1, 0.15) is 110 Å². The number of allylic oxidation sites excluding steroid dienone is 2. The predicted molar refractivity (Wildman–Crippen MR) is 106 cm³/mol. The molecule has 0 rings (SSSR count). The van der Waals surface area contributed by atoms with Crippen LogP contribution in [0.25, 0.3) is 0 Å². The zero-order valence-corrected chi connectivity index (χ0v) is 15.9. The first kappa shape index (κ1) is 22.7. The lowest BCUT2D eigenvalue weighted by molar-refractivity contribution is 0.515. The lowest BCUT2D eigenvalue weighted by atomic mass is 10.0. The van der Waals surface area contributed by atoms with E-state index in [1.54, 1.807) is 0 Å². The van der Waals surface area contributed by atoms with Gasteiger partial charge in [0.25, 0.3) is 0 Å². The second-order valence-corrected chi connectivity index (χ2v) is 7.06. The molecule has 2 heteroatoms. The summed E-state index contributed by atoms with van der Waals surface area (Å²) >= 11 is 0. The smallest absolute Gasteiger partial charge is 0.00508 e. The maximum Gasteiger partial charge on any atom is 0.00508 e. The van der Waals surface area contributed by atoms with Crippen LogP contribution in [-0.2, 0) is 0 Å². The highest BCUT2D eigenvalue weighted by Crippen LogP contribution is 2.11. The Labute approximate surface area is 146 Å². The van der Waals surface area contributed by atoms with Gasteiger partial charge in [-0.15, -0.1) is 0 Å². The van der Waals surface area contributed by atoms with Gasteiger partial charge in [0, 0.05) is 6.04 Å². The van der Waals surface area contributed by atoms with Crippen LogP contribution in [0.3, 0.4) is 0 Å². The molecule has 0 aromatic rings. The minimum Gasteiger partial charge on any atom is -0.330 e. The Morgan fingerprint density at radius 3 is 1.65 bits per heavy atom. The largest absolute Gasteiger partial charge is 0.330 e. The van der Waals surface area contributed by atoms with Gasteiger partial charge in [-0.25, -0.2) is 0 Å². The molecule has 0 saturated heterocycles. The number of unbranched alkanes of at least 4 members (excludes halogenated alkanes) is 12. The summed E-state index contributed by atoms with van der Waals surface area (Å²) in [5, 5.41) is 0. The fourth-order valence-electron chi connectivity index (χ4n) is 3.01. The van der Waals surface area contributed by atoms with Crippen molar-refractivity contribution >= 4 is 0 Å². The van der Waals surface area contributed by atoms with E-state index < -0.39 is 0 Å². The number of hydrogen-bond donors (Lipinski definition) is 2. The van der Waals surface area contributed by atoms with Crippen molar-refractivity contribution in [3.63, 3.8) is 0 Å². The maximum atomic E-state index is 5.96. The van der Waals surface area contributed by atoms with Crippen LogP contribution in [0, 0.1) is 0 Å². The molecule has 0 amide bonds.